The number of ketones is 1. The van der Waals surface area contributed by atoms with E-state index >= 15 is 0 Å². The molecule has 0 amide bonds. The van der Waals surface area contributed by atoms with Crippen LogP contribution in [0.4, 0.5) is 10.1 Å². The molecule has 0 unspecified atom stereocenters. The van der Waals surface area contributed by atoms with Crippen LogP contribution < -0.4 is 9.64 Å². The summed E-state index contributed by atoms with van der Waals surface area (Å²) in [5, 5.41) is 10.7. The van der Waals surface area contributed by atoms with E-state index in [1.54, 1.807) is 43.3 Å². The normalized spacial score (nSPS) is 17.6. The number of nitrogens with zero attached hydrogens (tertiary/aromatic N) is 2. The van der Waals surface area contributed by atoms with Crippen LogP contribution in [0.5, 0.6) is 11.5 Å². The third-order valence-electron chi connectivity index (χ3n) is 5.98. The Balaban J connectivity index is 1.36. The van der Waals surface area contributed by atoms with Crippen LogP contribution in [0, 0.1) is 12.7 Å². The number of halogens is 1. The van der Waals surface area contributed by atoms with Gasteiger partial charge >= 0.3 is 0 Å². The Labute approximate surface area is 185 Å². The number of Topliss-reactive ketones (excluding diaryl/α,β-unsaturated/α-hetero) is 1. The fraction of sp³-hybridized carbons (Fsp3) is 0.240. The standard InChI is InChI=1S/C25H23FN2O4/c1-16-13-21(29)18(25-23(16)24(30)22(32-25)14-17-5-4-12-31-17)15-27-8-10-28(11-9-27)20-7-3-2-6-19(20)26/h2-7,12-14,29H,8-11,15H2,1H3/b22-14-. The lowest BCUT2D eigenvalue weighted by molar-refractivity contribution is 0.101. The summed E-state index contributed by atoms with van der Waals surface area (Å²) in [6, 6.07) is 11.9. The fourth-order valence-electron chi connectivity index (χ4n) is 4.31. The lowest BCUT2D eigenvalue weighted by Gasteiger charge is -2.36. The lowest BCUT2D eigenvalue weighted by Crippen LogP contribution is -2.46. The van der Waals surface area contributed by atoms with Crippen LogP contribution in [0.1, 0.15) is 27.2 Å². The first kappa shape index (κ1) is 20.3. The van der Waals surface area contributed by atoms with Gasteiger partial charge in [-0.25, -0.2) is 4.39 Å². The van der Waals surface area contributed by atoms with Crippen LogP contribution in [0.3, 0.4) is 0 Å². The second-order valence-corrected chi connectivity index (χ2v) is 8.07. The number of piperazine rings is 1. The molecule has 2 aromatic carbocycles. The summed E-state index contributed by atoms with van der Waals surface area (Å²) in [5.74, 6) is 0.757. The summed E-state index contributed by atoms with van der Waals surface area (Å²) < 4.78 is 25.4. The van der Waals surface area contributed by atoms with Crippen molar-refractivity contribution in [3.05, 3.63) is 82.8 Å². The molecule has 1 aromatic heterocycles. The quantitative estimate of drug-likeness (QED) is 0.615. The van der Waals surface area contributed by atoms with E-state index in [1.807, 2.05) is 11.0 Å². The first-order valence-electron chi connectivity index (χ1n) is 10.6. The number of anilines is 1. The number of allylic oxidation sites excluding steroid dienone is 1. The van der Waals surface area contributed by atoms with Crippen LogP contribution in [0.2, 0.25) is 0 Å². The van der Waals surface area contributed by atoms with E-state index in [9.17, 15) is 14.3 Å². The average molecular weight is 434 g/mol. The molecule has 7 heteroatoms. The molecule has 164 valence electrons. The van der Waals surface area contributed by atoms with E-state index < -0.39 is 0 Å². The van der Waals surface area contributed by atoms with E-state index in [0.717, 1.165) is 0 Å². The van der Waals surface area contributed by atoms with Crippen molar-refractivity contribution >= 4 is 17.5 Å². The number of carbonyl (C=O) groups excluding carboxylic acids is 1. The minimum atomic E-state index is -0.224. The second kappa shape index (κ2) is 8.16. The van der Waals surface area contributed by atoms with Gasteiger partial charge in [0.25, 0.3) is 0 Å². The van der Waals surface area contributed by atoms with Crippen LogP contribution in [0.15, 0.2) is 58.9 Å². The highest BCUT2D eigenvalue weighted by Gasteiger charge is 2.34. The van der Waals surface area contributed by atoms with Crippen LogP contribution in [0.25, 0.3) is 6.08 Å². The van der Waals surface area contributed by atoms with Crippen molar-refractivity contribution in [1.29, 1.82) is 0 Å². The smallest absolute Gasteiger partial charge is 0.232 e. The van der Waals surface area contributed by atoms with Crippen LogP contribution in [-0.4, -0.2) is 42.0 Å². The number of rotatable bonds is 4. The molecule has 32 heavy (non-hydrogen) atoms. The number of furan rings is 1. The number of hydrogen-bond donors (Lipinski definition) is 1. The summed E-state index contributed by atoms with van der Waals surface area (Å²) >= 11 is 0. The molecule has 0 saturated carbocycles. The molecule has 2 aliphatic rings. The Hall–Kier alpha value is -3.58. The minimum Gasteiger partial charge on any atom is -0.507 e. The summed E-state index contributed by atoms with van der Waals surface area (Å²) in [6.45, 7) is 4.94. The number of hydrogen-bond acceptors (Lipinski definition) is 6. The maximum atomic E-state index is 14.1. The van der Waals surface area contributed by atoms with Gasteiger partial charge in [-0.15, -0.1) is 0 Å². The molecule has 0 bridgehead atoms. The zero-order valence-electron chi connectivity index (χ0n) is 17.7. The molecule has 0 spiro atoms. The number of fused-ring (bicyclic) bond motifs is 1. The Morgan fingerprint density at radius 2 is 1.91 bits per heavy atom. The Morgan fingerprint density at radius 1 is 1.12 bits per heavy atom. The molecule has 1 saturated heterocycles. The molecule has 0 radical (unpaired) electrons. The molecule has 0 atom stereocenters. The summed E-state index contributed by atoms with van der Waals surface area (Å²) in [7, 11) is 0. The number of carbonyl (C=O) groups is 1. The third-order valence-corrected chi connectivity index (χ3v) is 5.98. The predicted octanol–water partition coefficient (Wildman–Crippen LogP) is 4.37. The fourth-order valence-corrected chi connectivity index (χ4v) is 4.31. The summed E-state index contributed by atoms with van der Waals surface area (Å²) in [5.41, 5.74) is 2.33. The maximum Gasteiger partial charge on any atom is 0.232 e. The SMILES string of the molecule is Cc1cc(O)c(CN2CCN(c3ccccc3F)CC2)c2c1C(=O)/C(=C/c1ccco1)O2. The average Bonchev–Trinajstić information content (AvgIpc) is 3.41. The molecule has 0 aliphatic carbocycles. The first-order chi connectivity index (χ1) is 15.5. The van der Waals surface area contributed by atoms with Crippen molar-refractivity contribution in [2.45, 2.75) is 13.5 Å². The van der Waals surface area contributed by atoms with Crippen molar-refractivity contribution in [3.63, 3.8) is 0 Å². The minimum absolute atomic E-state index is 0.102. The number of para-hydroxylation sites is 1. The number of aryl methyl sites for hydroxylation is 1. The molecule has 1 N–H and O–H groups in total. The Kier molecular flexibility index (Phi) is 5.19. The van der Waals surface area contributed by atoms with Crippen molar-refractivity contribution in [2.24, 2.45) is 0 Å². The van der Waals surface area contributed by atoms with Gasteiger partial charge in [0.05, 0.1) is 23.1 Å². The van der Waals surface area contributed by atoms with E-state index in [4.69, 9.17) is 9.15 Å². The molecule has 6 nitrogen and oxygen atoms in total. The molecular formula is C25H23FN2O4. The topological polar surface area (TPSA) is 66.2 Å². The molecule has 2 aliphatic heterocycles. The molecule has 3 heterocycles. The van der Waals surface area contributed by atoms with Gasteiger partial charge in [-0.1, -0.05) is 12.1 Å². The van der Waals surface area contributed by atoms with Crippen molar-refractivity contribution in [3.8, 4) is 11.5 Å². The third kappa shape index (κ3) is 3.65. The monoisotopic (exact) mass is 434 g/mol. The van der Waals surface area contributed by atoms with Gasteiger partial charge in [-0.05, 0) is 42.8 Å². The number of benzene rings is 2. The second-order valence-electron chi connectivity index (χ2n) is 8.07. The van der Waals surface area contributed by atoms with E-state index in [0.29, 0.717) is 66.6 Å². The van der Waals surface area contributed by atoms with Crippen molar-refractivity contribution < 1.29 is 23.4 Å². The van der Waals surface area contributed by atoms with Gasteiger partial charge in [-0.3, -0.25) is 9.69 Å². The largest absolute Gasteiger partial charge is 0.507 e. The van der Waals surface area contributed by atoms with Crippen molar-refractivity contribution in [2.75, 3.05) is 31.1 Å². The number of phenols is 1. The van der Waals surface area contributed by atoms with E-state index in [-0.39, 0.29) is 23.1 Å². The van der Waals surface area contributed by atoms with Gasteiger partial charge in [0, 0.05) is 38.8 Å². The van der Waals surface area contributed by atoms with Gasteiger partial charge < -0.3 is 19.2 Å². The van der Waals surface area contributed by atoms with Gasteiger partial charge in [-0.2, -0.15) is 0 Å². The lowest BCUT2D eigenvalue weighted by atomic mass is 9.99. The number of ether oxygens (including phenoxy) is 1. The number of aromatic hydroxyl groups is 1. The summed E-state index contributed by atoms with van der Waals surface area (Å²) in [4.78, 5) is 17.2. The highest BCUT2D eigenvalue weighted by atomic mass is 19.1. The maximum absolute atomic E-state index is 14.1. The highest BCUT2D eigenvalue weighted by molar-refractivity contribution is 6.15. The Bertz CT molecular complexity index is 1190. The number of phenolic OH excluding ortho intramolecular Hbond substituents is 1. The summed E-state index contributed by atoms with van der Waals surface area (Å²) in [6.07, 6.45) is 3.10. The molecular weight excluding hydrogens is 411 g/mol. The van der Waals surface area contributed by atoms with E-state index in [2.05, 4.69) is 4.90 Å². The molecule has 3 aromatic rings. The highest BCUT2D eigenvalue weighted by Crippen LogP contribution is 2.42. The van der Waals surface area contributed by atoms with E-state index in [1.165, 1.54) is 12.3 Å². The van der Waals surface area contributed by atoms with Crippen LogP contribution in [-0.2, 0) is 6.54 Å². The zero-order valence-corrected chi connectivity index (χ0v) is 17.7. The van der Waals surface area contributed by atoms with Gasteiger partial charge in [0.15, 0.2) is 5.76 Å². The van der Waals surface area contributed by atoms with Gasteiger partial charge in [0.2, 0.25) is 5.78 Å². The first-order valence-corrected chi connectivity index (χ1v) is 10.6. The molecule has 1 fully saturated rings. The zero-order chi connectivity index (χ0) is 22.2. The predicted molar refractivity (Wildman–Crippen MR) is 118 cm³/mol. The molecule has 5 rings (SSSR count). The Morgan fingerprint density at radius 3 is 2.62 bits per heavy atom. The van der Waals surface area contributed by atoms with Gasteiger partial charge in [0.1, 0.15) is 23.1 Å². The van der Waals surface area contributed by atoms with Crippen molar-refractivity contribution in [1.82, 2.24) is 4.90 Å². The van der Waals surface area contributed by atoms with Crippen LogP contribution >= 0.6 is 0 Å².